The highest BCUT2D eigenvalue weighted by molar-refractivity contribution is 5.83. The fourth-order valence-corrected chi connectivity index (χ4v) is 3.01. The van der Waals surface area contributed by atoms with Gasteiger partial charge in [0.05, 0.1) is 6.54 Å². The van der Waals surface area contributed by atoms with Gasteiger partial charge in [-0.1, -0.05) is 48.5 Å². The topological polar surface area (TPSA) is 23.6 Å². The van der Waals surface area contributed by atoms with Crippen LogP contribution >= 0.6 is 0 Å². The molecule has 0 bridgehead atoms. The van der Waals surface area contributed by atoms with Crippen LogP contribution in [0.5, 0.6) is 0 Å². The fourth-order valence-electron chi connectivity index (χ4n) is 3.01. The van der Waals surface area contributed by atoms with Gasteiger partial charge in [0.15, 0.2) is 0 Å². The highest BCUT2D eigenvalue weighted by atomic mass is 19.1. The molecule has 0 heterocycles. The van der Waals surface area contributed by atoms with Gasteiger partial charge < -0.3 is 4.90 Å². The summed E-state index contributed by atoms with van der Waals surface area (Å²) in [4.78, 5) is 16.1. The zero-order chi connectivity index (χ0) is 18.5. The SMILES string of the molecule is CN(CC(=O)N(C)Cc1ccc(F)cc1)Cc1ccc2ccccc2c1. The van der Waals surface area contributed by atoms with Crippen molar-refractivity contribution in [2.24, 2.45) is 0 Å². The molecule has 0 aromatic heterocycles. The van der Waals surface area contributed by atoms with Crippen LogP contribution in [0.4, 0.5) is 4.39 Å². The molecular weight excluding hydrogens is 327 g/mol. The molecule has 0 fully saturated rings. The lowest BCUT2D eigenvalue weighted by Gasteiger charge is -2.22. The zero-order valence-electron chi connectivity index (χ0n) is 15.2. The molecule has 0 radical (unpaired) electrons. The van der Waals surface area contributed by atoms with E-state index in [1.165, 1.54) is 28.5 Å². The molecule has 0 spiro atoms. The molecule has 1 amide bonds. The van der Waals surface area contributed by atoms with Crippen LogP contribution in [0.3, 0.4) is 0 Å². The molecule has 0 N–H and O–H groups in total. The van der Waals surface area contributed by atoms with Crippen LogP contribution in [-0.4, -0.2) is 36.3 Å². The number of benzene rings is 3. The Kier molecular flexibility index (Phi) is 5.64. The first-order valence-electron chi connectivity index (χ1n) is 8.66. The van der Waals surface area contributed by atoms with Gasteiger partial charge in [0.25, 0.3) is 0 Å². The van der Waals surface area contributed by atoms with Crippen LogP contribution in [0.15, 0.2) is 66.7 Å². The van der Waals surface area contributed by atoms with E-state index in [1.54, 1.807) is 24.1 Å². The van der Waals surface area contributed by atoms with E-state index < -0.39 is 0 Å². The van der Waals surface area contributed by atoms with E-state index in [4.69, 9.17) is 0 Å². The number of nitrogens with zero attached hydrogens (tertiary/aromatic N) is 2. The summed E-state index contributed by atoms with van der Waals surface area (Å²) < 4.78 is 13.0. The third-order valence-electron chi connectivity index (χ3n) is 4.43. The molecular formula is C22H23FN2O. The maximum absolute atomic E-state index is 13.0. The van der Waals surface area contributed by atoms with E-state index >= 15 is 0 Å². The van der Waals surface area contributed by atoms with Gasteiger partial charge in [-0.2, -0.15) is 0 Å². The number of rotatable bonds is 6. The van der Waals surface area contributed by atoms with Crippen LogP contribution in [-0.2, 0) is 17.9 Å². The summed E-state index contributed by atoms with van der Waals surface area (Å²) in [5, 5.41) is 2.42. The van der Waals surface area contributed by atoms with Crippen molar-refractivity contribution in [3.63, 3.8) is 0 Å². The normalized spacial score (nSPS) is 11.1. The number of hydrogen-bond acceptors (Lipinski definition) is 2. The minimum Gasteiger partial charge on any atom is -0.340 e. The standard InChI is InChI=1S/C22H23FN2O/c1-24(14-18-7-10-19-5-3-4-6-20(19)13-18)16-22(26)25(2)15-17-8-11-21(23)12-9-17/h3-13H,14-16H2,1-2H3. The molecule has 0 aliphatic heterocycles. The lowest BCUT2D eigenvalue weighted by atomic mass is 10.1. The molecule has 3 aromatic carbocycles. The molecule has 0 aliphatic carbocycles. The Morgan fingerprint density at radius 2 is 1.50 bits per heavy atom. The summed E-state index contributed by atoms with van der Waals surface area (Å²) in [6, 6.07) is 20.9. The largest absolute Gasteiger partial charge is 0.340 e. The van der Waals surface area contributed by atoms with E-state index in [0.717, 1.165) is 5.56 Å². The second-order valence-electron chi connectivity index (χ2n) is 6.73. The fraction of sp³-hybridized carbons (Fsp3) is 0.227. The molecule has 134 valence electrons. The van der Waals surface area contributed by atoms with Crippen LogP contribution in [0, 0.1) is 5.82 Å². The predicted molar refractivity (Wildman–Crippen MR) is 103 cm³/mol. The molecule has 3 aromatic rings. The van der Waals surface area contributed by atoms with Crippen LogP contribution in [0.2, 0.25) is 0 Å². The van der Waals surface area contributed by atoms with Crippen molar-refractivity contribution in [3.05, 3.63) is 83.7 Å². The maximum Gasteiger partial charge on any atom is 0.236 e. The Labute approximate surface area is 153 Å². The molecule has 4 heteroatoms. The summed E-state index contributed by atoms with van der Waals surface area (Å²) in [7, 11) is 3.72. The highest BCUT2D eigenvalue weighted by Crippen LogP contribution is 2.16. The first kappa shape index (κ1) is 18.1. The quantitative estimate of drug-likeness (QED) is 0.669. The van der Waals surface area contributed by atoms with Gasteiger partial charge in [-0.05, 0) is 47.1 Å². The van der Waals surface area contributed by atoms with Gasteiger partial charge in [-0.15, -0.1) is 0 Å². The average Bonchev–Trinajstić information content (AvgIpc) is 2.63. The minimum atomic E-state index is -0.266. The third kappa shape index (κ3) is 4.67. The first-order valence-corrected chi connectivity index (χ1v) is 8.66. The van der Waals surface area contributed by atoms with Crippen molar-refractivity contribution in [2.75, 3.05) is 20.6 Å². The summed E-state index contributed by atoms with van der Waals surface area (Å²) in [6.45, 7) is 1.52. The smallest absolute Gasteiger partial charge is 0.236 e. The second kappa shape index (κ2) is 8.11. The Hall–Kier alpha value is -2.72. The maximum atomic E-state index is 13.0. The van der Waals surface area contributed by atoms with Crippen LogP contribution in [0.25, 0.3) is 10.8 Å². The number of halogens is 1. The average molecular weight is 350 g/mol. The number of carbonyl (C=O) groups excluding carboxylic acids is 1. The highest BCUT2D eigenvalue weighted by Gasteiger charge is 2.12. The molecule has 0 saturated carbocycles. The lowest BCUT2D eigenvalue weighted by Crippen LogP contribution is -2.36. The number of amides is 1. The molecule has 3 nitrogen and oxygen atoms in total. The van der Waals surface area contributed by atoms with Crippen LogP contribution < -0.4 is 0 Å². The zero-order valence-corrected chi connectivity index (χ0v) is 15.2. The summed E-state index contributed by atoms with van der Waals surface area (Å²) in [5.41, 5.74) is 2.10. The van der Waals surface area contributed by atoms with Gasteiger partial charge in [-0.25, -0.2) is 4.39 Å². The first-order chi connectivity index (χ1) is 12.5. The van der Waals surface area contributed by atoms with Crippen molar-refractivity contribution in [1.29, 1.82) is 0 Å². The minimum absolute atomic E-state index is 0.0395. The van der Waals surface area contributed by atoms with Gasteiger partial charge in [0.2, 0.25) is 5.91 Å². The monoisotopic (exact) mass is 350 g/mol. The van der Waals surface area contributed by atoms with Gasteiger partial charge >= 0.3 is 0 Å². The van der Waals surface area contributed by atoms with E-state index in [-0.39, 0.29) is 11.7 Å². The molecule has 26 heavy (non-hydrogen) atoms. The third-order valence-corrected chi connectivity index (χ3v) is 4.43. The molecule has 0 unspecified atom stereocenters. The Bertz CT molecular complexity index is 892. The van der Waals surface area contributed by atoms with Crippen molar-refractivity contribution in [1.82, 2.24) is 9.80 Å². The second-order valence-corrected chi connectivity index (χ2v) is 6.73. The molecule has 3 rings (SSSR count). The number of fused-ring (bicyclic) bond motifs is 1. The predicted octanol–water partition coefficient (Wildman–Crippen LogP) is 4.07. The Morgan fingerprint density at radius 1 is 0.846 bits per heavy atom. The summed E-state index contributed by atoms with van der Waals surface area (Å²) >= 11 is 0. The van der Waals surface area contributed by atoms with E-state index in [0.29, 0.717) is 19.6 Å². The Balaban J connectivity index is 1.56. The van der Waals surface area contributed by atoms with Crippen molar-refractivity contribution >= 4 is 16.7 Å². The van der Waals surface area contributed by atoms with E-state index in [9.17, 15) is 9.18 Å². The van der Waals surface area contributed by atoms with Crippen molar-refractivity contribution < 1.29 is 9.18 Å². The number of carbonyl (C=O) groups is 1. The number of hydrogen-bond donors (Lipinski definition) is 0. The summed E-state index contributed by atoms with van der Waals surface area (Å²) in [5.74, 6) is -0.226. The lowest BCUT2D eigenvalue weighted by molar-refractivity contribution is -0.131. The molecule has 0 atom stereocenters. The van der Waals surface area contributed by atoms with Crippen molar-refractivity contribution in [2.45, 2.75) is 13.1 Å². The molecule has 0 aliphatic rings. The van der Waals surface area contributed by atoms with Gasteiger partial charge in [0, 0.05) is 20.1 Å². The van der Waals surface area contributed by atoms with Gasteiger partial charge in [-0.3, -0.25) is 9.69 Å². The van der Waals surface area contributed by atoms with Crippen molar-refractivity contribution in [3.8, 4) is 0 Å². The number of likely N-dealkylation sites (N-methyl/N-ethyl adjacent to an activating group) is 2. The van der Waals surface area contributed by atoms with Crippen LogP contribution in [0.1, 0.15) is 11.1 Å². The Morgan fingerprint density at radius 3 is 2.23 bits per heavy atom. The van der Waals surface area contributed by atoms with E-state index in [1.807, 2.05) is 24.1 Å². The summed E-state index contributed by atoms with van der Waals surface area (Å²) in [6.07, 6.45) is 0. The van der Waals surface area contributed by atoms with Gasteiger partial charge in [0.1, 0.15) is 5.82 Å². The van der Waals surface area contributed by atoms with E-state index in [2.05, 4.69) is 30.3 Å². The molecule has 0 saturated heterocycles.